The molecule has 4 fully saturated rings. The monoisotopic (exact) mass is 305 g/mol. The van der Waals surface area contributed by atoms with E-state index in [0.717, 1.165) is 41.5 Å². The van der Waals surface area contributed by atoms with Crippen LogP contribution < -0.4 is 5.73 Å². The number of hydrogen-bond donors (Lipinski definition) is 1. The lowest BCUT2D eigenvalue weighted by Crippen LogP contribution is -2.49. The molecule has 0 aromatic carbocycles. The summed E-state index contributed by atoms with van der Waals surface area (Å²) in [6.07, 6.45) is 17.8. The number of rotatable bonds is 9. The van der Waals surface area contributed by atoms with Gasteiger partial charge in [-0.25, -0.2) is 0 Å². The molecule has 4 bridgehead atoms. The van der Waals surface area contributed by atoms with E-state index in [9.17, 15) is 0 Å². The standard InChI is InChI=1S/C21H39N/c1-3-4-5-6-17(7-8-22)9-16(2)21-13-18-10-19(14-21)12-20(11-18)15-21/h16-20H,3-15,22H2,1-2H3. The molecule has 0 heterocycles. The summed E-state index contributed by atoms with van der Waals surface area (Å²) in [4.78, 5) is 0. The smallest absolute Gasteiger partial charge is 0.00746 e. The van der Waals surface area contributed by atoms with Gasteiger partial charge in [-0.2, -0.15) is 0 Å². The van der Waals surface area contributed by atoms with Gasteiger partial charge in [-0.3, -0.25) is 0 Å². The zero-order chi connectivity index (χ0) is 15.6. The fraction of sp³-hybridized carbons (Fsp3) is 1.00. The van der Waals surface area contributed by atoms with Crippen LogP contribution in [0, 0.1) is 35.0 Å². The summed E-state index contributed by atoms with van der Waals surface area (Å²) in [5.41, 5.74) is 6.66. The maximum Gasteiger partial charge on any atom is -0.00746 e. The molecule has 0 spiro atoms. The minimum absolute atomic E-state index is 0.742. The minimum atomic E-state index is 0.742. The van der Waals surface area contributed by atoms with Crippen molar-refractivity contribution in [3.63, 3.8) is 0 Å². The number of nitrogens with two attached hydrogens (primary N) is 1. The Labute approximate surface area is 138 Å². The minimum Gasteiger partial charge on any atom is -0.330 e. The van der Waals surface area contributed by atoms with Crippen LogP contribution in [0.4, 0.5) is 0 Å². The maximum atomic E-state index is 5.92. The Kier molecular flexibility index (Phi) is 5.53. The van der Waals surface area contributed by atoms with Crippen LogP contribution in [0.3, 0.4) is 0 Å². The van der Waals surface area contributed by atoms with Crippen molar-refractivity contribution in [2.45, 2.75) is 90.9 Å². The lowest BCUT2D eigenvalue weighted by Gasteiger charge is -2.59. The van der Waals surface area contributed by atoms with Crippen molar-refractivity contribution < 1.29 is 0 Å². The first kappa shape index (κ1) is 16.8. The Balaban J connectivity index is 1.58. The molecule has 2 N–H and O–H groups in total. The molecule has 4 aliphatic carbocycles. The van der Waals surface area contributed by atoms with E-state index in [0.29, 0.717) is 0 Å². The van der Waals surface area contributed by atoms with Gasteiger partial charge in [-0.05, 0) is 92.9 Å². The summed E-state index contributed by atoms with van der Waals surface area (Å²) >= 11 is 0. The molecule has 0 amide bonds. The lowest BCUT2D eigenvalue weighted by molar-refractivity contribution is -0.0880. The SMILES string of the molecule is CCCCCC(CCN)CC(C)C12CC3CC(CC(C3)C1)C2. The fourth-order valence-electron chi connectivity index (χ4n) is 6.83. The van der Waals surface area contributed by atoms with Crippen LogP contribution in [0.5, 0.6) is 0 Å². The lowest BCUT2D eigenvalue weighted by atomic mass is 9.46. The van der Waals surface area contributed by atoms with E-state index < -0.39 is 0 Å². The second-order valence-electron chi connectivity index (χ2n) is 9.36. The second kappa shape index (κ2) is 7.24. The van der Waals surface area contributed by atoms with Gasteiger partial charge in [0.15, 0.2) is 0 Å². The molecule has 2 unspecified atom stereocenters. The summed E-state index contributed by atoms with van der Waals surface area (Å²) in [7, 11) is 0. The molecule has 0 aliphatic heterocycles. The third-order valence-corrected chi connectivity index (χ3v) is 7.61. The van der Waals surface area contributed by atoms with E-state index in [1.807, 2.05) is 0 Å². The summed E-state index contributed by atoms with van der Waals surface area (Å²) in [5.74, 6) is 5.14. The van der Waals surface area contributed by atoms with Gasteiger partial charge in [0.1, 0.15) is 0 Å². The molecule has 0 saturated heterocycles. The molecule has 128 valence electrons. The highest BCUT2D eigenvalue weighted by Crippen LogP contribution is 2.63. The first-order valence-electron chi connectivity index (χ1n) is 10.3. The first-order valence-corrected chi connectivity index (χ1v) is 10.3. The van der Waals surface area contributed by atoms with E-state index in [1.165, 1.54) is 38.5 Å². The van der Waals surface area contributed by atoms with Crippen molar-refractivity contribution >= 4 is 0 Å². The van der Waals surface area contributed by atoms with Gasteiger partial charge in [-0.1, -0.05) is 39.5 Å². The van der Waals surface area contributed by atoms with Gasteiger partial charge in [0.2, 0.25) is 0 Å². The summed E-state index contributed by atoms with van der Waals surface area (Å²) in [5, 5.41) is 0. The third kappa shape index (κ3) is 3.55. The summed E-state index contributed by atoms with van der Waals surface area (Å²) in [6, 6.07) is 0. The van der Waals surface area contributed by atoms with E-state index in [-0.39, 0.29) is 0 Å². The topological polar surface area (TPSA) is 26.0 Å². The van der Waals surface area contributed by atoms with E-state index >= 15 is 0 Å². The van der Waals surface area contributed by atoms with Crippen LogP contribution in [0.1, 0.15) is 90.9 Å². The largest absolute Gasteiger partial charge is 0.330 e. The van der Waals surface area contributed by atoms with Gasteiger partial charge in [0.25, 0.3) is 0 Å². The summed E-state index contributed by atoms with van der Waals surface area (Å²) < 4.78 is 0. The molecule has 0 radical (unpaired) electrons. The van der Waals surface area contributed by atoms with Gasteiger partial charge < -0.3 is 5.73 Å². The predicted octanol–water partition coefficient (Wildman–Crippen LogP) is 5.77. The first-order chi connectivity index (χ1) is 10.6. The van der Waals surface area contributed by atoms with Crippen molar-refractivity contribution in [2.75, 3.05) is 6.54 Å². The van der Waals surface area contributed by atoms with E-state index in [1.54, 1.807) is 38.5 Å². The molecule has 1 nitrogen and oxygen atoms in total. The van der Waals surface area contributed by atoms with Crippen molar-refractivity contribution in [3.8, 4) is 0 Å². The van der Waals surface area contributed by atoms with Gasteiger partial charge >= 0.3 is 0 Å². The molecule has 4 rings (SSSR count). The summed E-state index contributed by atoms with van der Waals surface area (Å²) in [6.45, 7) is 5.82. The average molecular weight is 306 g/mol. The highest BCUT2D eigenvalue weighted by atomic mass is 14.6. The van der Waals surface area contributed by atoms with Gasteiger partial charge in [0.05, 0.1) is 0 Å². The fourth-order valence-corrected chi connectivity index (χ4v) is 6.83. The quantitative estimate of drug-likeness (QED) is 0.537. The zero-order valence-corrected chi connectivity index (χ0v) is 15.2. The van der Waals surface area contributed by atoms with Crippen LogP contribution in [0.15, 0.2) is 0 Å². The number of unbranched alkanes of at least 4 members (excludes halogenated alkanes) is 2. The van der Waals surface area contributed by atoms with Crippen molar-refractivity contribution in [1.82, 2.24) is 0 Å². The van der Waals surface area contributed by atoms with Crippen molar-refractivity contribution in [2.24, 2.45) is 40.7 Å². The second-order valence-corrected chi connectivity index (χ2v) is 9.36. The maximum absolute atomic E-state index is 5.92. The van der Waals surface area contributed by atoms with Crippen molar-refractivity contribution in [3.05, 3.63) is 0 Å². The molecular formula is C21H39N. The Morgan fingerprint density at radius 2 is 1.55 bits per heavy atom. The van der Waals surface area contributed by atoms with Crippen molar-refractivity contribution in [1.29, 1.82) is 0 Å². The zero-order valence-electron chi connectivity index (χ0n) is 15.2. The molecular weight excluding hydrogens is 266 g/mol. The Bertz CT molecular complexity index is 313. The Morgan fingerprint density at radius 1 is 0.955 bits per heavy atom. The molecule has 2 atom stereocenters. The molecule has 0 aromatic heterocycles. The molecule has 4 saturated carbocycles. The normalized spacial score (nSPS) is 39.1. The van der Waals surface area contributed by atoms with Crippen LogP contribution in [-0.4, -0.2) is 6.54 Å². The molecule has 1 heteroatoms. The van der Waals surface area contributed by atoms with E-state index in [4.69, 9.17) is 5.73 Å². The van der Waals surface area contributed by atoms with Gasteiger partial charge in [0, 0.05) is 0 Å². The molecule has 0 aromatic rings. The highest BCUT2D eigenvalue weighted by molar-refractivity contribution is 5.03. The van der Waals surface area contributed by atoms with Crippen LogP contribution in [0.25, 0.3) is 0 Å². The highest BCUT2D eigenvalue weighted by Gasteiger charge is 2.52. The molecule has 22 heavy (non-hydrogen) atoms. The average Bonchev–Trinajstić information content (AvgIpc) is 2.46. The van der Waals surface area contributed by atoms with Crippen LogP contribution in [-0.2, 0) is 0 Å². The van der Waals surface area contributed by atoms with E-state index in [2.05, 4.69) is 13.8 Å². The predicted molar refractivity (Wildman–Crippen MR) is 95.7 cm³/mol. The Morgan fingerprint density at radius 3 is 2.05 bits per heavy atom. The Hall–Kier alpha value is -0.0400. The third-order valence-electron chi connectivity index (χ3n) is 7.61. The molecule has 4 aliphatic rings. The van der Waals surface area contributed by atoms with Gasteiger partial charge in [-0.15, -0.1) is 0 Å². The number of hydrogen-bond acceptors (Lipinski definition) is 1. The van der Waals surface area contributed by atoms with Crippen LogP contribution >= 0.6 is 0 Å². The van der Waals surface area contributed by atoms with Crippen LogP contribution in [0.2, 0.25) is 0 Å².